The smallest absolute Gasteiger partial charge is 0.166 e. The van der Waals surface area contributed by atoms with E-state index in [1.807, 2.05) is 6.20 Å². The summed E-state index contributed by atoms with van der Waals surface area (Å²) in [6.07, 6.45) is 7.19. The van der Waals surface area contributed by atoms with E-state index in [0.29, 0.717) is 53.1 Å². The van der Waals surface area contributed by atoms with Crippen molar-refractivity contribution in [2.24, 2.45) is 11.7 Å². The molecule has 1 fully saturated rings. The van der Waals surface area contributed by atoms with Gasteiger partial charge in [0, 0.05) is 55.2 Å². The first-order valence-corrected chi connectivity index (χ1v) is 14.4. The molecular formula is C26H31ClN8OS. The Morgan fingerprint density at radius 3 is 2.73 bits per heavy atom. The molecule has 0 amide bonds. The fraction of sp³-hybridized carbons (Fsp3) is 0.385. The maximum Gasteiger partial charge on any atom is 0.166 e. The summed E-state index contributed by atoms with van der Waals surface area (Å²) in [6.45, 7) is 7.27. The Labute approximate surface area is 224 Å². The van der Waals surface area contributed by atoms with Crippen molar-refractivity contribution in [1.82, 2.24) is 24.7 Å². The van der Waals surface area contributed by atoms with Crippen molar-refractivity contribution >= 4 is 50.9 Å². The second-order valence-corrected chi connectivity index (χ2v) is 11.6. The summed E-state index contributed by atoms with van der Waals surface area (Å²) < 4.78 is 13.3. The molecule has 1 atom stereocenters. The molecule has 1 aliphatic heterocycles. The highest BCUT2D eigenvalue weighted by Crippen LogP contribution is 2.37. The number of nitrogens with one attached hydrogen (secondary N) is 1. The van der Waals surface area contributed by atoms with Crippen LogP contribution in [0.2, 0.25) is 5.15 Å². The third kappa shape index (κ3) is 5.52. The minimum Gasteiger partial charge on any atom is -0.617 e. The van der Waals surface area contributed by atoms with E-state index in [0.717, 1.165) is 29.6 Å². The van der Waals surface area contributed by atoms with Crippen molar-refractivity contribution in [3.05, 3.63) is 53.6 Å². The lowest BCUT2D eigenvalue weighted by Crippen LogP contribution is -2.49. The quantitative estimate of drug-likeness (QED) is 0.304. The number of nitrogens with two attached hydrogens (primary N) is 1. The van der Waals surface area contributed by atoms with Gasteiger partial charge in [0.05, 0.1) is 18.4 Å². The zero-order valence-corrected chi connectivity index (χ0v) is 22.8. The molecule has 0 radical (unpaired) electrons. The van der Waals surface area contributed by atoms with Crippen molar-refractivity contribution < 1.29 is 4.55 Å². The number of halogens is 1. The van der Waals surface area contributed by atoms with Crippen molar-refractivity contribution in [3.8, 4) is 11.4 Å². The molecule has 0 spiro atoms. The summed E-state index contributed by atoms with van der Waals surface area (Å²) >= 11 is 5.56. The van der Waals surface area contributed by atoms with Gasteiger partial charge in [0.1, 0.15) is 17.4 Å². The third-order valence-electron chi connectivity index (χ3n) is 6.53. The average Bonchev–Trinajstić information content (AvgIpc) is 3.20. The van der Waals surface area contributed by atoms with Gasteiger partial charge < -0.3 is 20.5 Å². The van der Waals surface area contributed by atoms with Crippen LogP contribution in [0.4, 0.5) is 17.3 Å². The standard InChI is InChI=1S/C26H31ClN8OS/c1-16(2)18-4-5-22(34-12-17(13-34)15-37(3)36)20-11-30-24(10-19(18)20)31-23-6-8-29-26(32-23)21-14-35(9-7-28)33-25(21)27/h4-6,8,10-11,14,16-17H,7,9,12-13,15,28H2,1-3H3,(H,29,30,31,32). The van der Waals surface area contributed by atoms with Crippen LogP contribution in [0.1, 0.15) is 25.3 Å². The first-order chi connectivity index (χ1) is 17.8. The summed E-state index contributed by atoms with van der Waals surface area (Å²) in [6, 6.07) is 8.28. The molecule has 3 N–H and O–H groups in total. The summed E-state index contributed by atoms with van der Waals surface area (Å²) in [5.41, 5.74) is 8.72. The Hall–Kier alpha value is -2.92. The van der Waals surface area contributed by atoms with Gasteiger partial charge in [0.25, 0.3) is 0 Å². The van der Waals surface area contributed by atoms with E-state index >= 15 is 0 Å². The molecule has 1 saturated heterocycles. The van der Waals surface area contributed by atoms with Gasteiger partial charge >= 0.3 is 0 Å². The van der Waals surface area contributed by atoms with Gasteiger partial charge in [-0.2, -0.15) is 5.10 Å². The Bertz CT molecular complexity index is 1400. The number of hydrogen-bond donors (Lipinski definition) is 2. The minimum absolute atomic E-state index is 0.335. The van der Waals surface area contributed by atoms with E-state index in [4.69, 9.17) is 22.3 Å². The maximum atomic E-state index is 11.6. The highest BCUT2D eigenvalue weighted by atomic mass is 35.5. The summed E-state index contributed by atoms with van der Waals surface area (Å²) in [4.78, 5) is 16.1. The highest BCUT2D eigenvalue weighted by Gasteiger charge is 2.31. The van der Waals surface area contributed by atoms with E-state index in [1.165, 1.54) is 11.3 Å². The Morgan fingerprint density at radius 1 is 1.19 bits per heavy atom. The van der Waals surface area contributed by atoms with Crippen molar-refractivity contribution in [2.45, 2.75) is 26.3 Å². The van der Waals surface area contributed by atoms with Crippen LogP contribution >= 0.6 is 11.6 Å². The predicted molar refractivity (Wildman–Crippen MR) is 151 cm³/mol. The second-order valence-electron chi connectivity index (χ2n) is 9.73. The lowest BCUT2D eigenvalue weighted by atomic mass is 9.93. The van der Waals surface area contributed by atoms with Gasteiger partial charge in [-0.25, -0.2) is 15.0 Å². The number of pyridine rings is 1. The molecule has 5 rings (SSSR count). The molecule has 0 aliphatic carbocycles. The molecule has 0 saturated carbocycles. The lowest BCUT2D eigenvalue weighted by Gasteiger charge is -2.41. The Morgan fingerprint density at radius 2 is 2.00 bits per heavy atom. The van der Waals surface area contributed by atoms with Crippen LogP contribution in [0, 0.1) is 5.92 Å². The summed E-state index contributed by atoms with van der Waals surface area (Å²) in [5, 5.41) is 10.2. The zero-order chi connectivity index (χ0) is 26.1. The fourth-order valence-corrected chi connectivity index (χ4v) is 5.89. The molecule has 9 nitrogen and oxygen atoms in total. The van der Waals surface area contributed by atoms with E-state index in [9.17, 15) is 4.55 Å². The van der Waals surface area contributed by atoms with Crippen LogP contribution in [0.25, 0.3) is 22.2 Å². The third-order valence-corrected chi connectivity index (χ3v) is 7.75. The van der Waals surface area contributed by atoms with Crippen LogP contribution in [-0.2, 0) is 17.7 Å². The molecule has 37 heavy (non-hydrogen) atoms. The monoisotopic (exact) mass is 538 g/mol. The van der Waals surface area contributed by atoms with Gasteiger partial charge in [-0.3, -0.25) is 4.68 Å². The molecule has 4 aromatic rings. The molecule has 194 valence electrons. The number of hydrogen-bond acceptors (Lipinski definition) is 8. The largest absolute Gasteiger partial charge is 0.617 e. The van der Waals surface area contributed by atoms with Crippen LogP contribution in [0.5, 0.6) is 0 Å². The van der Waals surface area contributed by atoms with Crippen molar-refractivity contribution in [2.75, 3.05) is 41.9 Å². The van der Waals surface area contributed by atoms with Crippen LogP contribution in [0.15, 0.2) is 42.9 Å². The van der Waals surface area contributed by atoms with Gasteiger partial charge in [-0.1, -0.05) is 42.7 Å². The van der Waals surface area contributed by atoms with E-state index in [2.05, 4.69) is 57.3 Å². The molecule has 4 heterocycles. The predicted octanol–water partition coefficient (Wildman–Crippen LogP) is 4.18. The van der Waals surface area contributed by atoms with E-state index in [-0.39, 0.29) is 0 Å². The zero-order valence-electron chi connectivity index (χ0n) is 21.2. The molecule has 1 unspecified atom stereocenters. The highest BCUT2D eigenvalue weighted by molar-refractivity contribution is 7.90. The first-order valence-electron chi connectivity index (χ1n) is 12.3. The van der Waals surface area contributed by atoms with Gasteiger partial charge in [0.2, 0.25) is 0 Å². The number of benzene rings is 1. The molecule has 1 aromatic carbocycles. The van der Waals surface area contributed by atoms with E-state index in [1.54, 1.807) is 29.4 Å². The molecule has 1 aliphatic rings. The van der Waals surface area contributed by atoms with E-state index < -0.39 is 11.2 Å². The second kappa shape index (κ2) is 10.8. The molecule has 3 aromatic heterocycles. The Balaban J connectivity index is 1.43. The number of nitrogens with zero attached hydrogens (tertiary/aromatic N) is 6. The van der Waals surface area contributed by atoms with Crippen LogP contribution in [0.3, 0.4) is 0 Å². The van der Waals surface area contributed by atoms with Crippen LogP contribution in [-0.4, -0.2) is 60.9 Å². The number of anilines is 3. The number of aromatic nitrogens is 5. The number of rotatable bonds is 9. The Kier molecular flexibility index (Phi) is 7.52. The molecular weight excluding hydrogens is 508 g/mol. The lowest BCUT2D eigenvalue weighted by molar-refractivity contribution is 0.445. The molecule has 11 heteroatoms. The van der Waals surface area contributed by atoms with Crippen molar-refractivity contribution in [3.63, 3.8) is 0 Å². The summed E-state index contributed by atoms with van der Waals surface area (Å²) in [5.74, 6) is 3.37. The SMILES string of the molecule is CC(C)c1ccc(N2CC(C[S+](C)[O-])C2)c2cnc(Nc3ccnc(-c4cn(CCN)nc4Cl)n3)cc12. The first kappa shape index (κ1) is 25.7. The summed E-state index contributed by atoms with van der Waals surface area (Å²) in [7, 11) is 0. The van der Waals surface area contributed by atoms with Gasteiger partial charge in [-0.05, 0) is 35.1 Å². The van der Waals surface area contributed by atoms with Crippen molar-refractivity contribution in [1.29, 1.82) is 0 Å². The minimum atomic E-state index is -0.765. The topological polar surface area (TPSA) is 121 Å². The normalized spacial score (nSPS) is 14.8. The van der Waals surface area contributed by atoms with Crippen LogP contribution < -0.4 is 16.0 Å². The average molecular weight is 539 g/mol. The number of fused-ring (bicyclic) bond motifs is 1. The van der Waals surface area contributed by atoms with Gasteiger partial charge in [-0.15, -0.1) is 0 Å². The van der Waals surface area contributed by atoms with Gasteiger partial charge in [0.15, 0.2) is 11.0 Å². The molecule has 0 bridgehead atoms. The fourth-order valence-electron chi connectivity index (χ4n) is 4.78. The maximum absolute atomic E-state index is 11.6.